The molecule has 0 amide bonds. The fraction of sp³-hybridized carbons (Fsp3) is 0. The van der Waals surface area contributed by atoms with Crippen LogP contribution in [-0.4, -0.2) is 14.6 Å². The minimum Gasteiger partial charge on any atom is -0.219 e. The summed E-state index contributed by atoms with van der Waals surface area (Å²) in [6.45, 7) is 0. The molecular formula is C26H16BrN3. The first-order chi connectivity index (χ1) is 14.7. The molecule has 0 N–H and O–H groups in total. The summed E-state index contributed by atoms with van der Waals surface area (Å²) in [4.78, 5) is 4.62. The van der Waals surface area contributed by atoms with Crippen molar-refractivity contribution in [3.8, 4) is 22.3 Å². The molecule has 6 rings (SSSR count). The van der Waals surface area contributed by atoms with Crippen molar-refractivity contribution in [2.75, 3.05) is 0 Å². The number of fused-ring (bicyclic) bond motifs is 3. The number of pyridine rings is 1. The molecule has 0 aliphatic carbocycles. The Morgan fingerprint density at radius 1 is 0.600 bits per heavy atom. The van der Waals surface area contributed by atoms with Gasteiger partial charge >= 0.3 is 0 Å². The van der Waals surface area contributed by atoms with Gasteiger partial charge in [0.05, 0.1) is 0 Å². The van der Waals surface area contributed by atoms with E-state index in [0.717, 1.165) is 27.9 Å². The molecular weight excluding hydrogens is 434 g/mol. The molecule has 142 valence electrons. The summed E-state index contributed by atoms with van der Waals surface area (Å²) in [5, 5.41) is 9.43. The summed E-state index contributed by atoms with van der Waals surface area (Å²) in [6.07, 6.45) is 2.04. The first-order valence-corrected chi connectivity index (χ1v) is 10.6. The maximum Gasteiger partial charge on any atom is 0.218 e. The fourth-order valence-electron chi connectivity index (χ4n) is 4.06. The van der Waals surface area contributed by atoms with E-state index in [0.29, 0.717) is 4.73 Å². The molecule has 0 radical (unpaired) electrons. The molecule has 0 unspecified atom stereocenters. The van der Waals surface area contributed by atoms with Crippen molar-refractivity contribution in [2.45, 2.75) is 0 Å². The van der Waals surface area contributed by atoms with Crippen LogP contribution in [0.2, 0.25) is 0 Å². The van der Waals surface area contributed by atoms with Crippen LogP contribution < -0.4 is 0 Å². The van der Waals surface area contributed by atoms with Crippen LogP contribution in [0.3, 0.4) is 0 Å². The van der Waals surface area contributed by atoms with Crippen LogP contribution in [0.4, 0.5) is 0 Å². The third-order valence-corrected chi connectivity index (χ3v) is 5.89. The molecule has 0 saturated heterocycles. The molecule has 3 nitrogen and oxygen atoms in total. The number of halogens is 1. The van der Waals surface area contributed by atoms with Crippen LogP contribution in [0, 0.1) is 0 Å². The average molecular weight is 450 g/mol. The van der Waals surface area contributed by atoms with Crippen molar-refractivity contribution >= 4 is 43.1 Å². The smallest absolute Gasteiger partial charge is 0.218 e. The number of rotatable bonds is 2. The Kier molecular flexibility index (Phi) is 3.93. The fourth-order valence-corrected chi connectivity index (χ4v) is 4.39. The van der Waals surface area contributed by atoms with Crippen LogP contribution in [0.15, 0.2) is 102 Å². The van der Waals surface area contributed by atoms with Gasteiger partial charge in [0.15, 0.2) is 5.65 Å². The highest BCUT2D eigenvalue weighted by atomic mass is 79.9. The number of benzene rings is 4. The molecule has 30 heavy (non-hydrogen) atoms. The third-order valence-electron chi connectivity index (χ3n) is 5.55. The number of nitrogens with zero attached hydrogens (tertiary/aromatic N) is 3. The predicted molar refractivity (Wildman–Crippen MR) is 127 cm³/mol. The number of hydrogen-bond donors (Lipinski definition) is 0. The topological polar surface area (TPSA) is 30.2 Å². The van der Waals surface area contributed by atoms with Gasteiger partial charge in [-0.05, 0) is 66.8 Å². The Labute approximate surface area is 181 Å². The Morgan fingerprint density at radius 3 is 1.90 bits per heavy atom. The van der Waals surface area contributed by atoms with Gasteiger partial charge in [-0.15, -0.1) is 5.10 Å². The summed E-state index contributed by atoms with van der Waals surface area (Å²) in [5.74, 6) is 0. The van der Waals surface area contributed by atoms with E-state index < -0.39 is 0 Å². The lowest BCUT2D eigenvalue weighted by Crippen LogP contribution is -1.93. The number of aromatic nitrogens is 3. The van der Waals surface area contributed by atoms with Crippen LogP contribution in [-0.2, 0) is 0 Å². The minimum absolute atomic E-state index is 0.584. The van der Waals surface area contributed by atoms with Gasteiger partial charge in [0.2, 0.25) is 4.73 Å². The highest BCUT2D eigenvalue weighted by Crippen LogP contribution is 2.33. The minimum atomic E-state index is 0.584. The molecule has 4 heteroatoms. The predicted octanol–water partition coefficient (Wildman–Crippen LogP) is 7.13. The molecule has 0 atom stereocenters. The summed E-state index contributed by atoms with van der Waals surface area (Å²) >= 11 is 3.44. The van der Waals surface area contributed by atoms with Gasteiger partial charge in [-0.25, -0.2) is 9.50 Å². The summed E-state index contributed by atoms with van der Waals surface area (Å²) in [7, 11) is 0. The van der Waals surface area contributed by atoms with Crippen molar-refractivity contribution in [3.05, 3.63) is 102 Å². The van der Waals surface area contributed by atoms with Crippen molar-refractivity contribution in [2.24, 2.45) is 0 Å². The van der Waals surface area contributed by atoms with Crippen molar-refractivity contribution < 1.29 is 0 Å². The van der Waals surface area contributed by atoms with Crippen molar-refractivity contribution in [1.82, 2.24) is 14.6 Å². The van der Waals surface area contributed by atoms with Crippen LogP contribution in [0.25, 0.3) is 49.4 Å². The molecule has 0 saturated carbocycles. The molecule has 2 heterocycles. The van der Waals surface area contributed by atoms with Gasteiger partial charge in [0, 0.05) is 17.3 Å². The van der Waals surface area contributed by atoms with E-state index in [9.17, 15) is 0 Å². The molecule has 0 bridgehead atoms. The molecule has 6 aromatic rings. The third kappa shape index (κ3) is 2.88. The number of hydrogen-bond acceptors (Lipinski definition) is 2. The molecule has 0 aliphatic rings. The lowest BCUT2D eigenvalue weighted by molar-refractivity contribution is 0.948. The largest absolute Gasteiger partial charge is 0.219 e. The van der Waals surface area contributed by atoms with Gasteiger partial charge in [-0.2, -0.15) is 0 Å². The highest BCUT2D eigenvalue weighted by molar-refractivity contribution is 9.10. The summed E-state index contributed by atoms with van der Waals surface area (Å²) < 4.78 is 2.44. The van der Waals surface area contributed by atoms with Crippen LogP contribution in [0.1, 0.15) is 0 Å². The van der Waals surface area contributed by atoms with E-state index in [2.05, 4.69) is 117 Å². The van der Waals surface area contributed by atoms with E-state index in [1.54, 1.807) is 0 Å². The second-order valence-corrected chi connectivity index (χ2v) is 8.12. The van der Waals surface area contributed by atoms with Crippen molar-refractivity contribution in [3.63, 3.8) is 0 Å². The maximum atomic E-state index is 4.62. The first kappa shape index (κ1) is 17.4. The van der Waals surface area contributed by atoms with Gasteiger partial charge in [-0.3, -0.25) is 0 Å². The van der Waals surface area contributed by atoms with E-state index in [-0.39, 0.29) is 0 Å². The summed E-state index contributed by atoms with van der Waals surface area (Å²) in [5.41, 5.74) is 5.28. The molecule has 0 aliphatic heterocycles. The van der Waals surface area contributed by atoms with Crippen LogP contribution in [0.5, 0.6) is 0 Å². The van der Waals surface area contributed by atoms with Gasteiger partial charge in [0.1, 0.15) is 0 Å². The van der Waals surface area contributed by atoms with E-state index in [1.807, 2.05) is 10.7 Å². The Hall–Kier alpha value is -3.50. The quantitative estimate of drug-likeness (QED) is 0.281. The Bertz CT molecular complexity index is 1570. The van der Waals surface area contributed by atoms with E-state index in [1.165, 1.54) is 21.5 Å². The zero-order valence-electron chi connectivity index (χ0n) is 16.0. The summed E-state index contributed by atoms with van der Waals surface area (Å²) in [6, 6.07) is 32.2. The Balaban J connectivity index is 1.60. The van der Waals surface area contributed by atoms with E-state index in [4.69, 9.17) is 0 Å². The van der Waals surface area contributed by atoms with Gasteiger partial charge in [-0.1, -0.05) is 72.8 Å². The Morgan fingerprint density at radius 2 is 1.20 bits per heavy atom. The zero-order chi connectivity index (χ0) is 20.1. The van der Waals surface area contributed by atoms with Gasteiger partial charge in [0.25, 0.3) is 0 Å². The second kappa shape index (κ2) is 6.78. The lowest BCUT2D eigenvalue weighted by atomic mass is 9.98. The van der Waals surface area contributed by atoms with Crippen molar-refractivity contribution in [1.29, 1.82) is 0 Å². The normalized spacial score (nSPS) is 11.5. The second-order valence-electron chi connectivity index (χ2n) is 7.42. The molecule has 2 aromatic heterocycles. The SMILES string of the molecule is Brc1nc2c(-c3ccc4ccccc4c3)cc(-c3ccc4ccccc4c3)cn2n1. The molecule has 0 spiro atoms. The molecule has 4 aromatic carbocycles. The first-order valence-electron chi connectivity index (χ1n) is 9.79. The molecule has 0 fully saturated rings. The highest BCUT2D eigenvalue weighted by Gasteiger charge is 2.13. The lowest BCUT2D eigenvalue weighted by Gasteiger charge is -2.10. The van der Waals surface area contributed by atoms with Crippen LogP contribution >= 0.6 is 15.9 Å². The maximum absolute atomic E-state index is 4.62. The van der Waals surface area contributed by atoms with E-state index >= 15 is 0 Å². The zero-order valence-corrected chi connectivity index (χ0v) is 17.5. The van der Waals surface area contributed by atoms with Gasteiger partial charge < -0.3 is 0 Å². The monoisotopic (exact) mass is 449 g/mol. The standard InChI is InChI=1S/C26H16BrN3/c27-26-28-25-24(22-12-10-18-6-2-4-8-20(18)14-22)15-23(16-30(25)29-26)21-11-9-17-5-1-3-7-19(17)13-21/h1-16H. The average Bonchev–Trinajstić information content (AvgIpc) is 3.18.